The number of carboxylic acids is 2. The molecule has 2 saturated heterocycles. The van der Waals surface area contributed by atoms with Gasteiger partial charge in [-0.25, -0.2) is 9.59 Å². The molecule has 0 saturated carbocycles. The first-order valence-electron chi connectivity index (χ1n) is 35.3. The summed E-state index contributed by atoms with van der Waals surface area (Å²) < 4.78 is 44.6. The first-order chi connectivity index (χ1) is 52.5. The number of aliphatic hydroxyl groups is 6. The lowest BCUT2D eigenvalue weighted by Crippen LogP contribution is -2.66. The van der Waals surface area contributed by atoms with Gasteiger partial charge < -0.3 is 138 Å². The van der Waals surface area contributed by atoms with E-state index >= 15 is 14.4 Å². The third kappa shape index (κ3) is 18.7. The van der Waals surface area contributed by atoms with Crippen LogP contribution in [0.2, 0.25) is 10.0 Å². The summed E-state index contributed by atoms with van der Waals surface area (Å²) in [7, 11) is 1.46. The number of hydrogen-bond donors (Lipinski definition) is 20. The number of carbonyl (C=O) groups is 9. The van der Waals surface area contributed by atoms with Crippen molar-refractivity contribution in [3.05, 3.63) is 117 Å². The number of nitrogens with two attached hydrogens (primary N) is 1. The van der Waals surface area contributed by atoms with Crippen LogP contribution in [0.3, 0.4) is 0 Å². The number of aliphatic carboxylic acids is 2. The SMILES string of the molecule is CCCCOC(CNC1(C)CC(OC2C(Oc3c4cc5cc3Oc3ccc(cc3Cl)[C@@H](O)[C@@H]3NC(=O)C(NC(=O)[C@@H]5NC(=O)[C@H](CC(N)=O)NC(=O)C(NC(=O)[C@@H](CC(C)C)NC)[C@H](O)c5ccc(c(Cl)c5)O4)c4ccc(O)c(c4)-c4c(O)cc(O)cc4[C@H](C(=O)O)NC3=O)OC(CO)C(O)C2O)OC(C)C1O)C(=O)O. The highest BCUT2D eigenvalue weighted by molar-refractivity contribution is 6.32. The molecule has 111 heavy (non-hydrogen) atoms. The number of benzene rings is 5. The number of aromatic hydroxyl groups is 3. The molecule has 7 aliphatic heterocycles. The van der Waals surface area contributed by atoms with Gasteiger partial charge in [0.2, 0.25) is 53.4 Å². The van der Waals surface area contributed by atoms with Crippen LogP contribution in [0.4, 0.5) is 0 Å². The van der Waals surface area contributed by atoms with Crippen molar-refractivity contribution in [2.75, 3.05) is 26.8 Å². The normalized spacial score (nSPS) is 28.1. The summed E-state index contributed by atoms with van der Waals surface area (Å²) >= 11 is 14.2. The van der Waals surface area contributed by atoms with Crippen LogP contribution in [0, 0.1) is 5.92 Å². The second-order valence-corrected chi connectivity index (χ2v) is 28.9. The minimum atomic E-state index is -2.39. The molecule has 0 aliphatic carbocycles. The zero-order valence-electron chi connectivity index (χ0n) is 60.4. The molecule has 5 aromatic carbocycles. The van der Waals surface area contributed by atoms with Crippen molar-refractivity contribution in [2.45, 2.75) is 182 Å². The Bertz CT molecular complexity index is 4370. The molecule has 0 aromatic heterocycles. The van der Waals surface area contributed by atoms with E-state index in [1.165, 1.54) is 33.0 Å². The smallest absolute Gasteiger partial charge is 0.334 e. The van der Waals surface area contributed by atoms with Gasteiger partial charge in [0, 0.05) is 47.9 Å². The molecule has 7 aliphatic rings. The minimum Gasteiger partial charge on any atom is -0.508 e. The van der Waals surface area contributed by atoms with E-state index in [2.05, 4.69) is 42.5 Å². The Morgan fingerprint density at radius 2 is 1.34 bits per heavy atom. The van der Waals surface area contributed by atoms with E-state index in [9.17, 15) is 84.9 Å². The maximum atomic E-state index is 16.1. The van der Waals surface area contributed by atoms with Crippen LogP contribution in [0.15, 0.2) is 78.9 Å². The quantitative estimate of drug-likeness (QED) is 0.0456. The van der Waals surface area contributed by atoms with Gasteiger partial charge in [-0.05, 0) is 117 Å². The van der Waals surface area contributed by atoms with Crippen LogP contribution in [0.25, 0.3) is 11.1 Å². The van der Waals surface area contributed by atoms with Gasteiger partial charge in [-0.2, -0.15) is 0 Å². The van der Waals surface area contributed by atoms with Crippen LogP contribution in [0.5, 0.6) is 46.0 Å². The number of phenols is 3. The third-order valence-electron chi connectivity index (χ3n) is 19.5. The molecule has 5 aromatic rings. The molecule has 12 unspecified atom stereocenters. The van der Waals surface area contributed by atoms with Crippen LogP contribution in [0.1, 0.15) is 125 Å². The fraction of sp³-hybridized carbons (Fsp3) is 0.466. The molecule has 7 heterocycles. The topological polar surface area (TPSA) is 563 Å². The van der Waals surface area contributed by atoms with Crippen LogP contribution in [-0.2, 0) is 62.1 Å². The summed E-state index contributed by atoms with van der Waals surface area (Å²) in [5, 5.41) is 145. The van der Waals surface area contributed by atoms with Crippen LogP contribution < -0.4 is 62.5 Å². The predicted octanol–water partition coefficient (Wildman–Crippen LogP) is 1.01. The molecule has 19 atom stereocenters. The summed E-state index contributed by atoms with van der Waals surface area (Å²) in [5.74, 6) is -17.7. The summed E-state index contributed by atoms with van der Waals surface area (Å²) in [6.07, 6.45) is -19.7. The average molecular weight is 1590 g/mol. The molecule has 0 spiro atoms. The van der Waals surface area contributed by atoms with Gasteiger partial charge in [-0.3, -0.25) is 33.6 Å². The van der Waals surface area contributed by atoms with Gasteiger partial charge in [-0.15, -0.1) is 0 Å². The summed E-state index contributed by atoms with van der Waals surface area (Å²) in [5.41, 5.74) is 1.31. The number of halogens is 2. The van der Waals surface area contributed by atoms with Crippen molar-refractivity contribution in [3.63, 3.8) is 0 Å². The first kappa shape index (κ1) is 83.7. The van der Waals surface area contributed by atoms with Gasteiger partial charge in [0.1, 0.15) is 89.5 Å². The summed E-state index contributed by atoms with van der Waals surface area (Å²) in [4.78, 5) is 130. The predicted molar refractivity (Wildman–Crippen MR) is 385 cm³/mol. The van der Waals surface area contributed by atoms with E-state index in [0.29, 0.717) is 12.8 Å². The lowest BCUT2D eigenvalue weighted by molar-refractivity contribution is -0.334. The van der Waals surface area contributed by atoms with E-state index in [-0.39, 0.29) is 54.4 Å². The number of phenolic OH excluding ortho intramolecular Hbond substituents is 3. The van der Waals surface area contributed by atoms with E-state index in [1.54, 1.807) is 0 Å². The molecule has 11 bridgehead atoms. The minimum absolute atomic E-state index is 0.0984. The Hall–Kier alpha value is -9.77. The fourth-order valence-electron chi connectivity index (χ4n) is 13.6. The largest absolute Gasteiger partial charge is 0.508 e. The van der Waals surface area contributed by atoms with Crippen LogP contribution >= 0.6 is 23.2 Å². The Labute approximate surface area is 643 Å². The molecule has 12 rings (SSSR count). The molecule has 0 radical (unpaired) electrons. The van der Waals surface area contributed by atoms with Crippen molar-refractivity contribution < 1.29 is 132 Å². The second kappa shape index (κ2) is 35.3. The highest BCUT2D eigenvalue weighted by atomic mass is 35.5. The molecular formula is C73H87Cl2N9O27. The van der Waals surface area contributed by atoms with Gasteiger partial charge >= 0.3 is 11.9 Å². The number of aliphatic hydroxyl groups excluding tert-OH is 6. The molecule has 2 fully saturated rings. The maximum Gasteiger partial charge on any atom is 0.334 e. The molecule has 21 N–H and O–H groups in total. The Kier molecular flexibility index (Phi) is 26.6. The number of fused-ring (bicyclic) bond motifs is 15. The Balaban J connectivity index is 1.21. The molecule has 7 amide bonds. The van der Waals surface area contributed by atoms with Crippen molar-refractivity contribution in [2.24, 2.45) is 11.7 Å². The molecule has 600 valence electrons. The summed E-state index contributed by atoms with van der Waals surface area (Å²) in [6.45, 7) is 7.24. The van der Waals surface area contributed by atoms with E-state index in [1.807, 2.05) is 20.8 Å². The standard InChI is InChI=1S/C73H87Cl2N9O27/c1-7-8-15-105-47(70(101)102)26-78-73(5)25-50(106-29(4)63(73)94)110-62-60(93)59(92)48(27-85)109-72(62)111-61-45-20-33-21-46(61)108-44-14-11-32(19-38(44)75)58(91)56-69(100)82-54(71(103)104)36-22-34(86)23-42(88)51(36)35-17-30(9-12-41(35)87)52(66(97)84-56)81-67(98)53(33)80-65(96)40(24-49(76)89)79-68(99)55(83-64(95)39(77-6)16-28(2)3)57(90)31-10-13-43(107-45)37(74)18-31/h9-14,17-23,28-29,39-40,47-48,50,52-60,62-63,72,77-78,85-88,90-94H,7-8,15-16,24-27H2,1-6H3,(H2,76,89)(H,79,99)(H,80,96)(H,81,98)(H,82,100)(H,83,95)(H,84,97)(H,101,102)(H,103,104)/t29?,39-,40+,47?,48?,50?,52?,53-,54-,55?,56+,57-,58-,59?,60?,62?,63?,72?,73?/m1/s1. The van der Waals surface area contributed by atoms with Crippen molar-refractivity contribution in [1.82, 2.24) is 42.5 Å². The number of carbonyl (C=O) groups excluding carboxylic acids is 7. The van der Waals surface area contributed by atoms with Crippen molar-refractivity contribution in [1.29, 1.82) is 0 Å². The van der Waals surface area contributed by atoms with Crippen molar-refractivity contribution >= 4 is 76.5 Å². The highest BCUT2D eigenvalue weighted by Crippen LogP contribution is 2.50. The van der Waals surface area contributed by atoms with Crippen LogP contribution in [-0.4, -0.2) is 221 Å². The fourth-order valence-corrected chi connectivity index (χ4v) is 14.0. The number of hydrogen-bond acceptors (Lipinski definition) is 27. The number of carboxylic acid groups (broad SMARTS) is 2. The van der Waals surface area contributed by atoms with E-state index in [0.717, 1.165) is 66.7 Å². The number of nitrogens with one attached hydrogen (secondary N) is 8. The molecule has 38 heteroatoms. The van der Waals surface area contributed by atoms with Gasteiger partial charge in [-0.1, -0.05) is 68.6 Å². The number of unbranched alkanes of at least 4 members (excludes halogenated alkanes) is 1. The second-order valence-electron chi connectivity index (χ2n) is 28.1. The molecular weight excluding hydrogens is 1510 g/mol. The maximum absolute atomic E-state index is 16.1. The average Bonchev–Trinajstić information content (AvgIpc) is 0.762. The van der Waals surface area contributed by atoms with Crippen molar-refractivity contribution in [3.8, 4) is 57.1 Å². The molecule has 36 nitrogen and oxygen atoms in total. The zero-order chi connectivity index (χ0) is 80.9. The number of rotatable bonds is 21. The highest BCUT2D eigenvalue weighted by Gasteiger charge is 2.52. The summed E-state index contributed by atoms with van der Waals surface area (Å²) in [6, 6.07) is -1.06. The van der Waals surface area contributed by atoms with Gasteiger partial charge in [0.05, 0.1) is 41.3 Å². The third-order valence-corrected chi connectivity index (χ3v) is 20.1. The lowest BCUT2D eigenvalue weighted by Gasteiger charge is -2.48. The van der Waals surface area contributed by atoms with E-state index in [4.69, 9.17) is 62.1 Å². The number of primary amides is 1. The number of likely N-dealkylation sites (N-methyl/N-ethyl adjacent to an activating group) is 1. The monoisotopic (exact) mass is 1590 g/mol. The first-order valence-corrected chi connectivity index (χ1v) is 36.0. The lowest BCUT2D eigenvalue weighted by atomic mass is 9.84. The number of ether oxygens (including phenoxy) is 7. The number of amides is 7. The van der Waals surface area contributed by atoms with Gasteiger partial charge in [0.25, 0.3) is 0 Å². The van der Waals surface area contributed by atoms with Gasteiger partial charge in [0.15, 0.2) is 36.0 Å². The van der Waals surface area contributed by atoms with E-state index < -0.39 is 254 Å². The Morgan fingerprint density at radius 3 is 1.94 bits per heavy atom. The zero-order valence-corrected chi connectivity index (χ0v) is 61.9. The Morgan fingerprint density at radius 1 is 0.721 bits per heavy atom.